The van der Waals surface area contributed by atoms with Gasteiger partial charge in [-0.15, -0.1) is 12.4 Å². The van der Waals surface area contributed by atoms with Gasteiger partial charge in [0.05, 0.1) is 10.5 Å². The molecule has 3 aliphatic rings. The first-order valence-electron chi connectivity index (χ1n) is 10.7. The van der Waals surface area contributed by atoms with Crippen molar-refractivity contribution >= 4 is 36.0 Å². The lowest BCUT2D eigenvalue weighted by Crippen LogP contribution is -2.44. The Kier molecular flexibility index (Phi) is 7.10. The van der Waals surface area contributed by atoms with Gasteiger partial charge >= 0.3 is 5.97 Å². The molecule has 1 aliphatic carbocycles. The van der Waals surface area contributed by atoms with Gasteiger partial charge in [-0.3, -0.25) is 4.99 Å². The SMILES string of the molecule is Cl.O=C(O)C1=CC2N=C(c3ccc(OCc4ccccc4)cc3F)N(C3C=CCCC3)C2S1. The van der Waals surface area contributed by atoms with Crippen LogP contribution in [0.1, 0.15) is 30.4 Å². The van der Waals surface area contributed by atoms with E-state index in [-0.39, 0.29) is 29.9 Å². The largest absolute Gasteiger partial charge is 0.489 e. The number of carboxylic acid groups (broad SMARTS) is 1. The van der Waals surface area contributed by atoms with Gasteiger partial charge in [0, 0.05) is 12.1 Å². The maximum Gasteiger partial charge on any atom is 0.341 e. The number of carboxylic acids is 1. The maximum atomic E-state index is 15.2. The standard InChI is InChI=1S/C25H23FN2O3S.ClH/c26-20-13-18(31-15-16-7-3-1-4-8-16)11-12-19(20)23-27-21-14-22(25(29)30)32-24(21)28(23)17-9-5-2-6-10-17;/h1,3-5,7-9,11-14,17,21,24H,2,6,10,15H2,(H,29,30);1H. The van der Waals surface area contributed by atoms with Crippen LogP contribution in [0.4, 0.5) is 4.39 Å². The van der Waals surface area contributed by atoms with E-state index in [1.54, 1.807) is 18.2 Å². The Hall–Kier alpha value is -2.77. The highest BCUT2D eigenvalue weighted by atomic mass is 35.5. The first kappa shape index (κ1) is 23.4. The molecule has 0 amide bonds. The first-order chi connectivity index (χ1) is 15.6. The minimum absolute atomic E-state index is 0. The summed E-state index contributed by atoms with van der Waals surface area (Å²) < 4.78 is 21.0. The number of hydrogen-bond donors (Lipinski definition) is 1. The fourth-order valence-electron chi connectivity index (χ4n) is 4.34. The molecule has 0 saturated heterocycles. The molecule has 3 atom stereocenters. The van der Waals surface area contributed by atoms with Gasteiger partial charge in [-0.05, 0) is 43.0 Å². The molecule has 2 heterocycles. The van der Waals surface area contributed by atoms with Gasteiger partial charge in [-0.2, -0.15) is 0 Å². The van der Waals surface area contributed by atoms with Crippen LogP contribution in [0, 0.1) is 5.82 Å². The van der Waals surface area contributed by atoms with E-state index in [0.29, 0.717) is 28.7 Å². The zero-order chi connectivity index (χ0) is 22.1. The van der Waals surface area contributed by atoms with Crippen LogP contribution in [0.3, 0.4) is 0 Å². The van der Waals surface area contributed by atoms with Crippen LogP contribution in [0.15, 0.2) is 76.7 Å². The minimum atomic E-state index is -0.939. The smallest absolute Gasteiger partial charge is 0.341 e. The second-order valence-corrected chi connectivity index (χ2v) is 9.20. The lowest BCUT2D eigenvalue weighted by Gasteiger charge is -2.35. The van der Waals surface area contributed by atoms with Crippen LogP contribution in [-0.2, 0) is 11.4 Å². The Labute approximate surface area is 202 Å². The summed E-state index contributed by atoms with van der Waals surface area (Å²) in [6, 6.07) is 14.4. The molecule has 0 radical (unpaired) electrons. The van der Waals surface area contributed by atoms with Crippen molar-refractivity contribution in [1.29, 1.82) is 0 Å². The molecule has 0 bridgehead atoms. The predicted molar refractivity (Wildman–Crippen MR) is 130 cm³/mol. The van der Waals surface area contributed by atoms with Crippen LogP contribution in [-0.4, -0.2) is 39.3 Å². The van der Waals surface area contributed by atoms with E-state index < -0.39 is 11.8 Å². The van der Waals surface area contributed by atoms with E-state index in [1.165, 1.54) is 17.8 Å². The summed E-state index contributed by atoms with van der Waals surface area (Å²) in [5.74, 6) is -0.296. The van der Waals surface area contributed by atoms with E-state index in [0.717, 1.165) is 24.8 Å². The third-order valence-corrected chi connectivity index (χ3v) is 7.19. The zero-order valence-corrected chi connectivity index (χ0v) is 19.4. The lowest BCUT2D eigenvalue weighted by atomic mass is 10.00. The Morgan fingerprint density at radius 1 is 1.24 bits per heavy atom. The summed E-state index contributed by atoms with van der Waals surface area (Å²) >= 11 is 1.30. The third kappa shape index (κ3) is 4.80. The molecule has 5 nitrogen and oxygen atoms in total. The zero-order valence-electron chi connectivity index (χ0n) is 17.8. The number of halogens is 2. The van der Waals surface area contributed by atoms with Crippen molar-refractivity contribution in [3.63, 3.8) is 0 Å². The quantitative estimate of drug-likeness (QED) is 0.553. The third-order valence-electron chi connectivity index (χ3n) is 5.88. The number of allylic oxidation sites excluding steroid dienone is 1. The highest BCUT2D eigenvalue weighted by Gasteiger charge is 2.45. The Morgan fingerprint density at radius 3 is 2.76 bits per heavy atom. The topological polar surface area (TPSA) is 62.1 Å². The highest BCUT2D eigenvalue weighted by Crippen LogP contribution is 2.43. The van der Waals surface area contributed by atoms with Crippen LogP contribution in [0.25, 0.3) is 0 Å². The van der Waals surface area contributed by atoms with Crippen molar-refractivity contribution in [2.75, 3.05) is 0 Å². The van der Waals surface area contributed by atoms with E-state index in [4.69, 9.17) is 9.73 Å². The molecule has 3 unspecified atom stereocenters. The number of carbonyl (C=O) groups is 1. The van der Waals surface area contributed by atoms with Crippen molar-refractivity contribution < 1.29 is 19.0 Å². The van der Waals surface area contributed by atoms with Gasteiger partial charge in [0.15, 0.2) is 0 Å². The first-order valence-corrected chi connectivity index (χ1v) is 11.6. The van der Waals surface area contributed by atoms with Gasteiger partial charge in [0.25, 0.3) is 0 Å². The van der Waals surface area contributed by atoms with Crippen molar-refractivity contribution in [3.8, 4) is 5.75 Å². The number of fused-ring (bicyclic) bond motifs is 1. The number of thioether (sulfide) groups is 1. The molecule has 33 heavy (non-hydrogen) atoms. The summed E-state index contributed by atoms with van der Waals surface area (Å²) in [6.45, 7) is 0.364. The molecule has 8 heteroatoms. The van der Waals surface area contributed by atoms with Crippen LogP contribution < -0.4 is 4.74 Å². The molecule has 2 aromatic carbocycles. The van der Waals surface area contributed by atoms with E-state index >= 15 is 4.39 Å². The molecule has 5 rings (SSSR count). The van der Waals surface area contributed by atoms with E-state index in [1.807, 2.05) is 30.3 Å². The summed E-state index contributed by atoms with van der Waals surface area (Å²) in [7, 11) is 0. The Bertz CT molecular complexity index is 1120. The summed E-state index contributed by atoms with van der Waals surface area (Å²) in [5, 5.41) is 9.24. The molecule has 0 saturated carbocycles. The van der Waals surface area contributed by atoms with Crippen molar-refractivity contribution in [2.24, 2.45) is 4.99 Å². The van der Waals surface area contributed by atoms with Gasteiger partial charge in [-0.25, -0.2) is 9.18 Å². The molecule has 0 spiro atoms. The fraction of sp³-hybridized carbons (Fsp3) is 0.280. The summed E-state index contributed by atoms with van der Waals surface area (Å²) in [6.07, 6.45) is 8.96. The molecule has 2 aromatic rings. The fourth-order valence-corrected chi connectivity index (χ4v) is 5.56. The van der Waals surface area contributed by atoms with Crippen molar-refractivity contribution in [2.45, 2.75) is 43.3 Å². The van der Waals surface area contributed by atoms with Crippen molar-refractivity contribution in [3.05, 3.63) is 88.6 Å². The van der Waals surface area contributed by atoms with Crippen LogP contribution >= 0.6 is 24.2 Å². The van der Waals surface area contributed by atoms with E-state index in [2.05, 4.69) is 17.1 Å². The number of aliphatic imine (C=N–C) groups is 1. The average Bonchev–Trinajstić information content (AvgIpc) is 3.37. The predicted octanol–water partition coefficient (Wildman–Crippen LogP) is 5.41. The number of benzene rings is 2. The molecular weight excluding hydrogens is 463 g/mol. The van der Waals surface area contributed by atoms with Gasteiger partial charge < -0.3 is 14.7 Å². The number of aliphatic carboxylic acids is 1. The molecule has 2 aliphatic heterocycles. The molecule has 0 fully saturated rings. The normalized spacial score (nSPS) is 23.4. The highest BCUT2D eigenvalue weighted by molar-refractivity contribution is 8.04. The second kappa shape index (κ2) is 10.0. The second-order valence-electron chi connectivity index (χ2n) is 8.04. The number of nitrogens with zero attached hydrogens (tertiary/aromatic N) is 2. The molecular formula is C25H24ClFN2O3S. The monoisotopic (exact) mass is 486 g/mol. The number of hydrogen-bond acceptors (Lipinski definition) is 5. The number of rotatable bonds is 6. The van der Waals surface area contributed by atoms with Gasteiger partial charge in [0.2, 0.25) is 0 Å². The Balaban J connectivity index is 0.00000259. The van der Waals surface area contributed by atoms with Crippen molar-refractivity contribution in [1.82, 2.24) is 4.90 Å². The van der Waals surface area contributed by atoms with Crippen LogP contribution in [0.2, 0.25) is 0 Å². The molecule has 0 aromatic heterocycles. The number of amidine groups is 1. The minimum Gasteiger partial charge on any atom is -0.489 e. The number of ether oxygens (including phenoxy) is 1. The summed E-state index contributed by atoms with van der Waals surface area (Å²) in [5.41, 5.74) is 1.43. The Morgan fingerprint density at radius 2 is 2.06 bits per heavy atom. The van der Waals surface area contributed by atoms with Gasteiger partial charge in [-0.1, -0.05) is 54.2 Å². The summed E-state index contributed by atoms with van der Waals surface area (Å²) in [4.78, 5) is 18.6. The van der Waals surface area contributed by atoms with Gasteiger partial charge in [0.1, 0.15) is 35.4 Å². The maximum absolute atomic E-state index is 15.2. The van der Waals surface area contributed by atoms with E-state index in [9.17, 15) is 9.90 Å². The average molecular weight is 487 g/mol. The lowest BCUT2D eigenvalue weighted by molar-refractivity contribution is -0.131. The molecule has 1 N–H and O–H groups in total. The van der Waals surface area contributed by atoms with Crippen LogP contribution in [0.5, 0.6) is 5.75 Å². The molecule has 172 valence electrons.